The van der Waals surface area contributed by atoms with Crippen LogP contribution < -0.4 is 0 Å². The summed E-state index contributed by atoms with van der Waals surface area (Å²) in [4.78, 5) is 3.24. The maximum Gasteiger partial charge on any atom is 0.327 e. The zero-order chi connectivity index (χ0) is 5.98. The van der Waals surface area contributed by atoms with E-state index in [9.17, 15) is 4.39 Å². The van der Waals surface area contributed by atoms with E-state index in [1.165, 1.54) is 6.20 Å². The molecule has 0 unspecified atom stereocenters. The van der Waals surface area contributed by atoms with Crippen molar-refractivity contribution in [3.8, 4) is 0 Å². The third-order valence-corrected chi connectivity index (χ3v) is 0.648. The molecule has 0 saturated heterocycles. The molecule has 0 spiro atoms. The van der Waals surface area contributed by atoms with E-state index in [4.69, 9.17) is 0 Å². The van der Waals surface area contributed by atoms with Crippen molar-refractivity contribution in [1.29, 1.82) is 0 Å². The minimum Gasteiger partial charge on any atom is -0.208 e. The van der Waals surface area contributed by atoms with Gasteiger partial charge < -0.3 is 0 Å². The monoisotopic (exact) mass is 113 g/mol. The second kappa shape index (κ2) is 1.81. The standard InChI is InChI=1S/C4H4FN3/c1-3-2-6-4(5)8-7-3/h2H,1H3. The fraction of sp³-hybridized carbons (Fsp3) is 0.250. The van der Waals surface area contributed by atoms with Crippen molar-refractivity contribution in [3.63, 3.8) is 0 Å². The first-order chi connectivity index (χ1) is 3.79. The smallest absolute Gasteiger partial charge is 0.208 e. The molecule has 1 aromatic rings. The van der Waals surface area contributed by atoms with Gasteiger partial charge in [-0.3, -0.25) is 0 Å². The average Bonchev–Trinajstić information content (AvgIpc) is 1.77. The third kappa shape index (κ3) is 0.959. The van der Waals surface area contributed by atoms with Crippen molar-refractivity contribution in [2.24, 2.45) is 0 Å². The van der Waals surface area contributed by atoms with Crippen molar-refractivity contribution >= 4 is 0 Å². The lowest BCUT2D eigenvalue weighted by Gasteiger charge is -1.83. The first-order valence-electron chi connectivity index (χ1n) is 2.11. The molecule has 8 heavy (non-hydrogen) atoms. The zero-order valence-electron chi connectivity index (χ0n) is 4.30. The molecular weight excluding hydrogens is 109 g/mol. The summed E-state index contributed by atoms with van der Waals surface area (Å²) in [6, 6.07) is 0. The van der Waals surface area contributed by atoms with Gasteiger partial charge in [-0.2, -0.15) is 4.39 Å². The summed E-state index contributed by atoms with van der Waals surface area (Å²) in [6.07, 6.45) is 0.540. The molecule has 0 amide bonds. The lowest BCUT2D eigenvalue weighted by atomic mass is 10.6. The van der Waals surface area contributed by atoms with Gasteiger partial charge in [0.2, 0.25) is 0 Å². The number of hydrogen-bond acceptors (Lipinski definition) is 3. The van der Waals surface area contributed by atoms with E-state index in [2.05, 4.69) is 15.2 Å². The maximum absolute atomic E-state index is 11.8. The lowest BCUT2D eigenvalue weighted by molar-refractivity contribution is 0.515. The highest BCUT2D eigenvalue weighted by Gasteiger charge is 1.88. The number of hydrogen-bond donors (Lipinski definition) is 0. The second-order valence-corrected chi connectivity index (χ2v) is 1.37. The summed E-state index contributed by atoms with van der Waals surface area (Å²) in [7, 11) is 0. The van der Waals surface area contributed by atoms with Gasteiger partial charge >= 0.3 is 6.08 Å². The highest BCUT2D eigenvalue weighted by molar-refractivity contribution is 4.84. The molecule has 1 rings (SSSR count). The van der Waals surface area contributed by atoms with Crippen molar-refractivity contribution < 1.29 is 4.39 Å². The Kier molecular flexibility index (Phi) is 1.15. The Balaban J connectivity index is 3.03. The lowest BCUT2D eigenvalue weighted by Crippen LogP contribution is -1.92. The Morgan fingerprint density at radius 3 is 2.62 bits per heavy atom. The summed E-state index contributed by atoms with van der Waals surface area (Å²) in [5, 5.41) is 6.44. The summed E-state index contributed by atoms with van der Waals surface area (Å²) in [5.74, 6) is 0. The van der Waals surface area contributed by atoms with Crippen LogP contribution in [0.25, 0.3) is 0 Å². The molecule has 0 aliphatic carbocycles. The normalized spacial score (nSPS) is 9.25. The molecule has 3 nitrogen and oxygen atoms in total. The SMILES string of the molecule is Cc1cnc(F)nn1. The van der Waals surface area contributed by atoms with Gasteiger partial charge in [-0.15, -0.1) is 5.10 Å². The predicted molar refractivity (Wildman–Crippen MR) is 24.5 cm³/mol. The van der Waals surface area contributed by atoms with Gasteiger partial charge in [0, 0.05) is 0 Å². The van der Waals surface area contributed by atoms with Crippen LogP contribution in [0.1, 0.15) is 5.69 Å². The number of rotatable bonds is 0. The number of aromatic nitrogens is 3. The molecule has 42 valence electrons. The van der Waals surface area contributed by atoms with E-state index in [0.717, 1.165) is 0 Å². The number of nitrogens with zero attached hydrogens (tertiary/aromatic N) is 3. The molecule has 0 aromatic carbocycles. The molecule has 0 aliphatic rings. The van der Waals surface area contributed by atoms with Gasteiger partial charge in [-0.25, -0.2) is 4.98 Å². The Morgan fingerprint density at radius 1 is 1.50 bits per heavy atom. The molecule has 0 radical (unpaired) electrons. The summed E-state index contributed by atoms with van der Waals surface area (Å²) < 4.78 is 11.8. The molecule has 1 aromatic heterocycles. The van der Waals surface area contributed by atoms with Crippen LogP contribution in [-0.4, -0.2) is 15.2 Å². The second-order valence-electron chi connectivity index (χ2n) is 1.37. The minimum atomic E-state index is -0.782. The highest BCUT2D eigenvalue weighted by atomic mass is 19.1. The third-order valence-electron chi connectivity index (χ3n) is 0.648. The van der Waals surface area contributed by atoms with Gasteiger partial charge in [-0.1, -0.05) is 5.10 Å². The predicted octanol–water partition coefficient (Wildman–Crippen LogP) is 0.319. The average molecular weight is 113 g/mol. The van der Waals surface area contributed by atoms with E-state index in [1.807, 2.05) is 0 Å². The Labute approximate surface area is 45.6 Å². The molecule has 0 N–H and O–H groups in total. The first kappa shape index (κ1) is 5.08. The van der Waals surface area contributed by atoms with Gasteiger partial charge in [0.15, 0.2) is 0 Å². The Hall–Kier alpha value is -1.06. The first-order valence-corrected chi connectivity index (χ1v) is 2.11. The van der Waals surface area contributed by atoms with Crippen LogP contribution in [0.2, 0.25) is 0 Å². The van der Waals surface area contributed by atoms with Crippen LogP contribution in [-0.2, 0) is 0 Å². The van der Waals surface area contributed by atoms with E-state index < -0.39 is 6.08 Å². The number of aryl methyl sites for hydroxylation is 1. The quantitative estimate of drug-likeness (QED) is 0.486. The van der Waals surface area contributed by atoms with Crippen molar-refractivity contribution in [1.82, 2.24) is 15.2 Å². The van der Waals surface area contributed by atoms with E-state index >= 15 is 0 Å². The van der Waals surface area contributed by atoms with Crippen molar-refractivity contribution in [2.45, 2.75) is 6.92 Å². The van der Waals surface area contributed by atoms with E-state index in [-0.39, 0.29) is 0 Å². The van der Waals surface area contributed by atoms with Crippen molar-refractivity contribution in [2.75, 3.05) is 0 Å². The molecule has 1 heterocycles. The van der Waals surface area contributed by atoms with Gasteiger partial charge in [0.1, 0.15) is 0 Å². The molecule has 0 saturated carbocycles. The molecular formula is C4H4FN3. The van der Waals surface area contributed by atoms with Crippen LogP contribution in [0, 0.1) is 13.0 Å². The fourth-order valence-corrected chi connectivity index (χ4v) is 0.318. The van der Waals surface area contributed by atoms with Gasteiger partial charge in [-0.05, 0) is 6.92 Å². The Morgan fingerprint density at radius 2 is 2.25 bits per heavy atom. The molecule has 0 atom stereocenters. The topological polar surface area (TPSA) is 38.7 Å². The van der Waals surface area contributed by atoms with Gasteiger partial charge in [0.05, 0.1) is 11.9 Å². The van der Waals surface area contributed by atoms with E-state index in [0.29, 0.717) is 5.69 Å². The largest absolute Gasteiger partial charge is 0.327 e. The summed E-state index contributed by atoms with van der Waals surface area (Å²) >= 11 is 0. The highest BCUT2D eigenvalue weighted by Crippen LogP contribution is 1.84. The van der Waals surface area contributed by atoms with Crippen molar-refractivity contribution in [3.05, 3.63) is 18.0 Å². The summed E-state index contributed by atoms with van der Waals surface area (Å²) in [5.41, 5.74) is 0.617. The molecule has 0 aliphatic heterocycles. The van der Waals surface area contributed by atoms with E-state index in [1.54, 1.807) is 6.92 Å². The molecule has 4 heteroatoms. The summed E-state index contributed by atoms with van der Waals surface area (Å²) in [6.45, 7) is 1.69. The molecule has 0 bridgehead atoms. The van der Waals surface area contributed by atoms with Crippen LogP contribution in [0.5, 0.6) is 0 Å². The van der Waals surface area contributed by atoms with Crippen LogP contribution >= 0.6 is 0 Å². The Bertz CT molecular complexity index is 150. The fourth-order valence-electron chi connectivity index (χ4n) is 0.318. The number of halogens is 1. The van der Waals surface area contributed by atoms with Crippen LogP contribution in [0.4, 0.5) is 4.39 Å². The van der Waals surface area contributed by atoms with Gasteiger partial charge in [0.25, 0.3) is 0 Å². The van der Waals surface area contributed by atoms with Crippen LogP contribution in [0.3, 0.4) is 0 Å². The van der Waals surface area contributed by atoms with Crippen LogP contribution in [0.15, 0.2) is 6.20 Å². The zero-order valence-corrected chi connectivity index (χ0v) is 4.30. The molecule has 0 fully saturated rings. The minimum absolute atomic E-state index is 0.617. The maximum atomic E-state index is 11.8.